The van der Waals surface area contributed by atoms with E-state index in [1.165, 1.54) is 12.1 Å². The normalized spacial score (nSPS) is 20.0. The molecule has 4 nitrogen and oxygen atoms in total. The number of benzene rings is 2. The molecule has 1 aliphatic heterocycles. The van der Waals surface area contributed by atoms with Crippen LogP contribution in [0.25, 0.3) is 0 Å². The van der Waals surface area contributed by atoms with Crippen molar-refractivity contribution < 1.29 is 13.9 Å². The van der Waals surface area contributed by atoms with E-state index >= 15 is 0 Å². The second-order valence-electron chi connectivity index (χ2n) is 7.96. The summed E-state index contributed by atoms with van der Waals surface area (Å²) in [6.07, 6.45) is 0. The Hall–Kier alpha value is -2.11. The highest BCUT2D eigenvalue weighted by Gasteiger charge is 2.32. The molecule has 2 aromatic rings. The number of piperazine rings is 1. The molecule has 0 bridgehead atoms. The molecule has 0 spiro atoms. The van der Waals surface area contributed by atoms with Crippen LogP contribution in [0.4, 0.5) is 4.39 Å². The molecular weight excluding hydrogens is 391 g/mol. The van der Waals surface area contributed by atoms with Gasteiger partial charge < -0.3 is 9.64 Å². The van der Waals surface area contributed by atoms with Crippen molar-refractivity contribution in [2.45, 2.75) is 46.3 Å². The van der Waals surface area contributed by atoms with Crippen molar-refractivity contribution >= 4 is 17.5 Å². The molecule has 0 N–H and O–H groups in total. The maximum absolute atomic E-state index is 13.1. The highest BCUT2D eigenvalue weighted by Crippen LogP contribution is 2.28. The van der Waals surface area contributed by atoms with E-state index in [-0.39, 0.29) is 30.4 Å². The molecule has 6 heteroatoms. The summed E-state index contributed by atoms with van der Waals surface area (Å²) in [6, 6.07) is 10.6. The van der Waals surface area contributed by atoms with Crippen molar-refractivity contribution in [3.63, 3.8) is 0 Å². The second kappa shape index (κ2) is 9.14. The second-order valence-corrected chi connectivity index (χ2v) is 8.36. The lowest BCUT2D eigenvalue weighted by atomic mass is 10.1. The zero-order valence-electron chi connectivity index (χ0n) is 17.4. The first kappa shape index (κ1) is 21.6. The van der Waals surface area contributed by atoms with Gasteiger partial charge in [0.15, 0.2) is 6.61 Å². The molecule has 1 saturated heterocycles. The summed E-state index contributed by atoms with van der Waals surface area (Å²) in [7, 11) is 0. The van der Waals surface area contributed by atoms with E-state index in [2.05, 4.69) is 11.8 Å². The third-order valence-corrected chi connectivity index (χ3v) is 5.93. The molecule has 1 amide bonds. The maximum atomic E-state index is 13.1. The van der Waals surface area contributed by atoms with Crippen molar-refractivity contribution in [3.05, 3.63) is 63.9 Å². The number of rotatable bonds is 5. The zero-order chi connectivity index (χ0) is 21.1. The fraction of sp³-hybridized carbons (Fsp3) is 0.435. The molecule has 1 aliphatic rings. The van der Waals surface area contributed by atoms with Gasteiger partial charge in [-0.05, 0) is 68.7 Å². The molecule has 0 saturated carbocycles. The van der Waals surface area contributed by atoms with E-state index in [0.29, 0.717) is 17.3 Å². The van der Waals surface area contributed by atoms with Crippen LogP contribution in [0.2, 0.25) is 5.02 Å². The Bertz CT molecular complexity index is 872. The van der Waals surface area contributed by atoms with Crippen molar-refractivity contribution in [1.29, 1.82) is 0 Å². The van der Waals surface area contributed by atoms with Crippen molar-refractivity contribution in [2.24, 2.45) is 0 Å². The molecule has 0 unspecified atom stereocenters. The predicted molar refractivity (Wildman–Crippen MR) is 114 cm³/mol. The molecule has 29 heavy (non-hydrogen) atoms. The van der Waals surface area contributed by atoms with Gasteiger partial charge in [0.1, 0.15) is 11.6 Å². The minimum absolute atomic E-state index is 0.0305. The first-order chi connectivity index (χ1) is 13.7. The number of carbonyl (C=O) groups excluding carboxylic acids is 1. The van der Waals surface area contributed by atoms with Crippen LogP contribution in [0.5, 0.6) is 5.75 Å². The average molecular weight is 419 g/mol. The van der Waals surface area contributed by atoms with E-state index in [1.807, 2.05) is 49.9 Å². The predicted octanol–water partition coefficient (Wildman–Crippen LogP) is 4.60. The fourth-order valence-electron chi connectivity index (χ4n) is 3.68. The molecule has 2 aromatic carbocycles. The van der Waals surface area contributed by atoms with Crippen molar-refractivity contribution in [2.75, 3.05) is 19.7 Å². The van der Waals surface area contributed by atoms with Crippen LogP contribution in [-0.4, -0.2) is 47.5 Å². The lowest BCUT2D eigenvalue weighted by molar-refractivity contribution is -0.139. The molecule has 3 rings (SSSR count). The number of hydrogen-bond acceptors (Lipinski definition) is 3. The Morgan fingerprint density at radius 3 is 2.45 bits per heavy atom. The van der Waals surface area contributed by atoms with Crippen LogP contribution >= 0.6 is 11.6 Å². The Kier molecular flexibility index (Phi) is 6.81. The Balaban J connectivity index is 1.58. The van der Waals surface area contributed by atoms with Crippen LogP contribution in [-0.2, 0) is 11.3 Å². The van der Waals surface area contributed by atoms with E-state index in [0.717, 1.165) is 29.8 Å². The highest BCUT2D eigenvalue weighted by molar-refractivity contribution is 6.32. The maximum Gasteiger partial charge on any atom is 0.260 e. The van der Waals surface area contributed by atoms with Gasteiger partial charge in [-0.15, -0.1) is 0 Å². The summed E-state index contributed by atoms with van der Waals surface area (Å²) in [6.45, 7) is 10.2. The molecule has 156 valence electrons. The summed E-state index contributed by atoms with van der Waals surface area (Å²) in [4.78, 5) is 17.0. The summed E-state index contributed by atoms with van der Waals surface area (Å²) < 4.78 is 18.9. The number of halogens is 2. The third-order valence-electron chi connectivity index (χ3n) is 5.63. The van der Waals surface area contributed by atoms with Gasteiger partial charge in [-0.3, -0.25) is 9.69 Å². The van der Waals surface area contributed by atoms with Crippen LogP contribution in [0, 0.1) is 19.7 Å². The number of nitrogens with zero attached hydrogens (tertiary/aromatic N) is 2. The summed E-state index contributed by atoms with van der Waals surface area (Å²) >= 11 is 6.25. The Morgan fingerprint density at radius 1 is 1.10 bits per heavy atom. The largest absolute Gasteiger partial charge is 0.482 e. The van der Waals surface area contributed by atoms with Gasteiger partial charge in [0.25, 0.3) is 5.91 Å². The number of carbonyl (C=O) groups is 1. The van der Waals surface area contributed by atoms with Gasteiger partial charge in [-0.2, -0.15) is 0 Å². The van der Waals surface area contributed by atoms with Gasteiger partial charge in [0.05, 0.1) is 5.02 Å². The van der Waals surface area contributed by atoms with E-state index in [9.17, 15) is 9.18 Å². The average Bonchev–Trinajstić information content (AvgIpc) is 2.67. The van der Waals surface area contributed by atoms with Gasteiger partial charge >= 0.3 is 0 Å². The Labute approximate surface area is 177 Å². The van der Waals surface area contributed by atoms with Crippen LogP contribution in [0.1, 0.15) is 30.5 Å². The highest BCUT2D eigenvalue weighted by atomic mass is 35.5. The summed E-state index contributed by atoms with van der Waals surface area (Å²) in [5, 5.41) is 0.520. The molecule has 0 aliphatic carbocycles. The molecule has 0 aromatic heterocycles. The lowest BCUT2D eigenvalue weighted by Crippen LogP contribution is -2.58. The number of aryl methyl sites for hydroxylation is 2. The van der Waals surface area contributed by atoms with E-state index in [1.54, 1.807) is 0 Å². The monoisotopic (exact) mass is 418 g/mol. The molecule has 0 radical (unpaired) electrons. The SMILES string of the molecule is Cc1cc(Cl)c(OCC(=O)N2C[C@H](C)N(Cc3ccc(F)cc3)C[C@H]2C)cc1C. The molecule has 1 heterocycles. The van der Waals surface area contributed by atoms with Crippen molar-refractivity contribution in [3.8, 4) is 5.75 Å². The van der Waals surface area contributed by atoms with Crippen molar-refractivity contribution in [1.82, 2.24) is 9.80 Å². The summed E-state index contributed by atoms with van der Waals surface area (Å²) in [5.74, 6) is 0.272. The zero-order valence-corrected chi connectivity index (χ0v) is 18.2. The quantitative estimate of drug-likeness (QED) is 0.711. The van der Waals surface area contributed by atoms with Crippen LogP contribution in [0.15, 0.2) is 36.4 Å². The fourth-order valence-corrected chi connectivity index (χ4v) is 3.95. The first-order valence-corrected chi connectivity index (χ1v) is 10.3. The molecule has 2 atom stereocenters. The van der Waals surface area contributed by atoms with E-state index < -0.39 is 0 Å². The number of ether oxygens (including phenoxy) is 1. The third kappa shape index (κ3) is 5.28. The van der Waals surface area contributed by atoms with Crippen LogP contribution in [0.3, 0.4) is 0 Å². The first-order valence-electron chi connectivity index (χ1n) is 9.92. The molecule has 1 fully saturated rings. The summed E-state index contributed by atoms with van der Waals surface area (Å²) in [5.41, 5.74) is 3.24. The van der Waals surface area contributed by atoms with Crippen LogP contribution < -0.4 is 4.74 Å². The van der Waals surface area contributed by atoms with Gasteiger partial charge in [0, 0.05) is 31.7 Å². The minimum atomic E-state index is -0.227. The van der Waals surface area contributed by atoms with Gasteiger partial charge in [0.2, 0.25) is 0 Å². The smallest absolute Gasteiger partial charge is 0.260 e. The van der Waals surface area contributed by atoms with Gasteiger partial charge in [-0.25, -0.2) is 4.39 Å². The Morgan fingerprint density at radius 2 is 1.76 bits per heavy atom. The lowest BCUT2D eigenvalue weighted by Gasteiger charge is -2.44. The van der Waals surface area contributed by atoms with Gasteiger partial charge in [-0.1, -0.05) is 23.7 Å². The number of amides is 1. The minimum Gasteiger partial charge on any atom is -0.482 e. The standard InChI is InChI=1S/C23H28ClFN2O2/c1-15-9-21(24)22(10-16(15)2)29-14-23(28)27-12-17(3)26(11-18(27)4)13-19-5-7-20(25)8-6-19/h5-10,17-18H,11-14H2,1-4H3/t17-,18+/m0/s1. The topological polar surface area (TPSA) is 32.8 Å². The van der Waals surface area contributed by atoms with E-state index in [4.69, 9.17) is 16.3 Å². The number of hydrogen-bond donors (Lipinski definition) is 0. The molecular formula is C23H28ClFN2O2.